The highest BCUT2D eigenvalue weighted by Gasteiger charge is 2.44. The zero-order valence-electron chi connectivity index (χ0n) is 12.0. The summed E-state index contributed by atoms with van der Waals surface area (Å²) in [6.45, 7) is 6.17. The molecule has 2 aliphatic carbocycles. The number of nitrogens with zero attached hydrogens (tertiary/aromatic N) is 1. The van der Waals surface area contributed by atoms with Gasteiger partial charge in [-0.2, -0.15) is 0 Å². The number of methoxy groups -OCH3 is 1. The highest BCUT2D eigenvalue weighted by atomic mass is 16.5. The maximum absolute atomic E-state index is 5.53. The summed E-state index contributed by atoms with van der Waals surface area (Å²) in [5, 5.41) is 3.83. The van der Waals surface area contributed by atoms with Crippen molar-refractivity contribution in [2.24, 2.45) is 5.92 Å². The summed E-state index contributed by atoms with van der Waals surface area (Å²) >= 11 is 0. The van der Waals surface area contributed by atoms with E-state index in [1.807, 2.05) is 7.11 Å². The van der Waals surface area contributed by atoms with Crippen molar-refractivity contribution in [3.8, 4) is 0 Å². The van der Waals surface area contributed by atoms with Crippen LogP contribution in [0.2, 0.25) is 0 Å². The van der Waals surface area contributed by atoms with Crippen LogP contribution >= 0.6 is 0 Å². The second-order valence-electron chi connectivity index (χ2n) is 6.77. The van der Waals surface area contributed by atoms with Gasteiger partial charge in [0.25, 0.3) is 0 Å². The van der Waals surface area contributed by atoms with E-state index in [4.69, 9.17) is 4.74 Å². The topological polar surface area (TPSA) is 24.5 Å². The van der Waals surface area contributed by atoms with Gasteiger partial charge in [0.1, 0.15) is 0 Å². The molecule has 3 nitrogen and oxygen atoms in total. The smallest absolute Gasteiger partial charge is 0.0586 e. The van der Waals surface area contributed by atoms with Crippen LogP contribution < -0.4 is 5.32 Å². The molecule has 1 heterocycles. The lowest BCUT2D eigenvalue weighted by atomic mass is 9.94. The van der Waals surface area contributed by atoms with Crippen molar-refractivity contribution in [1.82, 2.24) is 10.2 Å². The number of hydrogen-bond acceptors (Lipinski definition) is 3. The quantitative estimate of drug-likeness (QED) is 0.831. The first kappa shape index (κ1) is 12.9. The normalized spacial score (nSPS) is 43.0. The molecule has 3 fully saturated rings. The minimum absolute atomic E-state index is 0.377. The van der Waals surface area contributed by atoms with E-state index in [0.717, 1.165) is 12.0 Å². The summed E-state index contributed by atoms with van der Waals surface area (Å²) in [4.78, 5) is 2.76. The van der Waals surface area contributed by atoms with E-state index in [1.54, 1.807) is 0 Å². The lowest BCUT2D eigenvalue weighted by Crippen LogP contribution is -2.52. The lowest BCUT2D eigenvalue weighted by Gasteiger charge is -2.36. The van der Waals surface area contributed by atoms with Gasteiger partial charge in [0.2, 0.25) is 0 Å². The Kier molecular flexibility index (Phi) is 3.65. The second kappa shape index (κ2) is 5.10. The van der Waals surface area contributed by atoms with Crippen LogP contribution in [0, 0.1) is 5.92 Å². The molecule has 0 aromatic rings. The third-order valence-corrected chi connectivity index (χ3v) is 5.37. The number of ether oxygens (including phenoxy) is 1. The summed E-state index contributed by atoms with van der Waals surface area (Å²) in [5.74, 6) is 0.928. The molecule has 2 saturated carbocycles. The van der Waals surface area contributed by atoms with Crippen LogP contribution in [0.15, 0.2) is 0 Å². The molecule has 18 heavy (non-hydrogen) atoms. The molecule has 0 bridgehead atoms. The van der Waals surface area contributed by atoms with Gasteiger partial charge in [0.15, 0.2) is 0 Å². The Bertz CT molecular complexity index is 292. The van der Waals surface area contributed by atoms with Crippen LogP contribution in [-0.2, 0) is 4.74 Å². The Balaban J connectivity index is 1.64. The highest BCUT2D eigenvalue weighted by Crippen LogP contribution is 2.41. The molecule has 3 atom stereocenters. The molecule has 3 rings (SSSR count). The van der Waals surface area contributed by atoms with E-state index in [9.17, 15) is 0 Å². The minimum Gasteiger partial charge on any atom is -0.381 e. The molecule has 0 aromatic carbocycles. The monoisotopic (exact) mass is 252 g/mol. The van der Waals surface area contributed by atoms with Gasteiger partial charge in [-0.3, -0.25) is 4.90 Å². The fourth-order valence-corrected chi connectivity index (χ4v) is 3.98. The summed E-state index contributed by atoms with van der Waals surface area (Å²) in [6.07, 6.45) is 8.52. The van der Waals surface area contributed by atoms with Gasteiger partial charge in [0, 0.05) is 25.2 Å². The zero-order valence-corrected chi connectivity index (χ0v) is 12.0. The van der Waals surface area contributed by atoms with Gasteiger partial charge in [-0.15, -0.1) is 0 Å². The second-order valence-corrected chi connectivity index (χ2v) is 6.77. The van der Waals surface area contributed by atoms with Crippen LogP contribution in [0.1, 0.15) is 45.4 Å². The predicted octanol–water partition coefficient (Wildman–Crippen LogP) is 2.02. The van der Waals surface area contributed by atoms with E-state index < -0.39 is 0 Å². The Hall–Kier alpha value is -0.120. The first-order valence-corrected chi connectivity index (χ1v) is 7.73. The summed E-state index contributed by atoms with van der Waals surface area (Å²) < 4.78 is 5.53. The maximum Gasteiger partial charge on any atom is 0.0586 e. The van der Waals surface area contributed by atoms with Crippen LogP contribution in [-0.4, -0.2) is 49.3 Å². The average Bonchev–Trinajstić information content (AvgIpc) is 3.14. The van der Waals surface area contributed by atoms with Crippen LogP contribution in [0.4, 0.5) is 0 Å². The first-order chi connectivity index (χ1) is 8.71. The molecule has 0 amide bonds. The first-order valence-electron chi connectivity index (χ1n) is 7.73. The third-order valence-electron chi connectivity index (χ3n) is 5.37. The van der Waals surface area contributed by atoms with E-state index in [0.29, 0.717) is 11.6 Å². The van der Waals surface area contributed by atoms with E-state index in [-0.39, 0.29) is 0 Å². The van der Waals surface area contributed by atoms with Crippen LogP contribution in [0.5, 0.6) is 0 Å². The van der Waals surface area contributed by atoms with Crippen molar-refractivity contribution in [2.45, 2.75) is 63.1 Å². The van der Waals surface area contributed by atoms with Gasteiger partial charge in [0.05, 0.1) is 6.10 Å². The summed E-state index contributed by atoms with van der Waals surface area (Å²) in [6, 6.07) is 0.771. The lowest BCUT2D eigenvalue weighted by molar-refractivity contribution is 0.0915. The minimum atomic E-state index is 0.377. The molecule has 1 N–H and O–H groups in total. The van der Waals surface area contributed by atoms with Gasteiger partial charge in [-0.1, -0.05) is 0 Å². The molecule has 1 saturated heterocycles. The van der Waals surface area contributed by atoms with Gasteiger partial charge in [-0.05, 0) is 64.5 Å². The van der Waals surface area contributed by atoms with Crippen molar-refractivity contribution in [3.63, 3.8) is 0 Å². The Labute approximate surface area is 111 Å². The number of hydrogen-bond donors (Lipinski definition) is 1. The van der Waals surface area contributed by atoms with Gasteiger partial charge >= 0.3 is 0 Å². The van der Waals surface area contributed by atoms with Crippen molar-refractivity contribution >= 4 is 0 Å². The van der Waals surface area contributed by atoms with Crippen LogP contribution in [0.3, 0.4) is 0 Å². The highest BCUT2D eigenvalue weighted by molar-refractivity contribution is 5.02. The summed E-state index contributed by atoms with van der Waals surface area (Å²) in [5.41, 5.74) is 0.377. The SMILES string of the molecule is COC1CCC(N2CCCNC(C)(C3CC3)C2)C1. The molecular weight excluding hydrogens is 224 g/mol. The van der Waals surface area contributed by atoms with E-state index in [1.165, 1.54) is 58.2 Å². The van der Waals surface area contributed by atoms with Crippen molar-refractivity contribution in [1.29, 1.82) is 0 Å². The Morgan fingerprint density at radius 1 is 1.22 bits per heavy atom. The van der Waals surface area contributed by atoms with Crippen molar-refractivity contribution < 1.29 is 4.74 Å². The third kappa shape index (κ3) is 2.59. The van der Waals surface area contributed by atoms with Crippen LogP contribution in [0.25, 0.3) is 0 Å². The van der Waals surface area contributed by atoms with E-state index >= 15 is 0 Å². The molecule has 0 spiro atoms. The molecule has 0 radical (unpaired) electrons. The van der Waals surface area contributed by atoms with Crippen molar-refractivity contribution in [2.75, 3.05) is 26.7 Å². The predicted molar refractivity (Wildman–Crippen MR) is 73.8 cm³/mol. The maximum atomic E-state index is 5.53. The Morgan fingerprint density at radius 2 is 2.06 bits per heavy atom. The largest absolute Gasteiger partial charge is 0.381 e. The molecular formula is C15H28N2O. The molecule has 1 aliphatic heterocycles. The molecule has 3 unspecified atom stereocenters. The average molecular weight is 252 g/mol. The van der Waals surface area contributed by atoms with Gasteiger partial charge < -0.3 is 10.1 Å². The molecule has 3 aliphatic rings. The van der Waals surface area contributed by atoms with Crippen molar-refractivity contribution in [3.05, 3.63) is 0 Å². The number of rotatable bonds is 3. The molecule has 104 valence electrons. The van der Waals surface area contributed by atoms with E-state index in [2.05, 4.69) is 17.1 Å². The Morgan fingerprint density at radius 3 is 2.72 bits per heavy atom. The van der Waals surface area contributed by atoms with Gasteiger partial charge in [-0.25, -0.2) is 0 Å². The molecule has 0 aromatic heterocycles. The fourth-order valence-electron chi connectivity index (χ4n) is 3.98. The standard InChI is InChI=1S/C15H28N2O/c1-15(12-4-5-12)11-17(9-3-8-16-15)13-6-7-14(10-13)18-2/h12-14,16H,3-11H2,1-2H3. The zero-order chi connectivity index (χ0) is 12.6. The summed E-state index contributed by atoms with van der Waals surface area (Å²) in [7, 11) is 1.87. The fraction of sp³-hybridized carbons (Fsp3) is 1.00. The number of nitrogens with one attached hydrogen (secondary N) is 1. The molecule has 3 heteroatoms.